The summed E-state index contributed by atoms with van der Waals surface area (Å²) in [6.45, 7) is 6.37. The van der Waals surface area contributed by atoms with E-state index >= 15 is 13.2 Å². The number of morpholine rings is 1. The van der Waals surface area contributed by atoms with E-state index in [-0.39, 0.29) is 42.6 Å². The van der Waals surface area contributed by atoms with Gasteiger partial charge in [-0.2, -0.15) is 0 Å². The van der Waals surface area contributed by atoms with Crippen molar-refractivity contribution in [2.45, 2.75) is 32.4 Å². The number of carbonyl (C=O) groups excluding carboxylic acids is 1. The highest BCUT2D eigenvalue weighted by Crippen LogP contribution is 2.36. The molecule has 1 aromatic heterocycles. The fourth-order valence-corrected chi connectivity index (χ4v) is 5.58. The molecule has 42 heavy (non-hydrogen) atoms. The molecule has 2 aliphatic heterocycles. The second-order valence-corrected chi connectivity index (χ2v) is 10.5. The number of amides is 1. The van der Waals surface area contributed by atoms with Gasteiger partial charge in [0, 0.05) is 43.6 Å². The first kappa shape index (κ1) is 33.4. The molecule has 5 rings (SSSR count). The summed E-state index contributed by atoms with van der Waals surface area (Å²) in [7, 11) is 0. The Labute approximate surface area is 254 Å². The summed E-state index contributed by atoms with van der Waals surface area (Å²) < 4.78 is 66.5. The number of halogens is 6. The number of carbonyl (C=O) groups is 1. The lowest BCUT2D eigenvalue weighted by atomic mass is 9.96. The van der Waals surface area contributed by atoms with Gasteiger partial charge in [-0.3, -0.25) is 9.78 Å². The number of nitrogens with two attached hydrogens (primary N) is 1. The van der Waals surface area contributed by atoms with E-state index in [1.54, 1.807) is 17.2 Å². The summed E-state index contributed by atoms with van der Waals surface area (Å²) in [5, 5.41) is 2.63. The first-order valence-corrected chi connectivity index (χ1v) is 13.2. The molecule has 1 amide bonds. The summed E-state index contributed by atoms with van der Waals surface area (Å²) >= 11 is 0. The molecule has 2 saturated heterocycles. The van der Waals surface area contributed by atoms with Crippen molar-refractivity contribution in [1.29, 1.82) is 0 Å². The number of nitrogens with zero attached hydrogens (tertiary/aromatic N) is 3. The maximum Gasteiger partial charge on any atom is 0.258 e. The Morgan fingerprint density at radius 3 is 2.40 bits per heavy atom. The maximum atomic E-state index is 15.7. The third-order valence-corrected chi connectivity index (χ3v) is 7.39. The molecule has 0 bridgehead atoms. The Hall–Kier alpha value is -3.12. The molecule has 3 heterocycles. The van der Waals surface area contributed by atoms with Crippen molar-refractivity contribution >= 4 is 47.8 Å². The van der Waals surface area contributed by atoms with E-state index in [4.69, 9.17) is 10.5 Å². The molecule has 228 valence electrons. The molecule has 7 nitrogen and oxygen atoms in total. The summed E-state index contributed by atoms with van der Waals surface area (Å²) in [6.07, 6.45) is 3.86. The van der Waals surface area contributed by atoms with Crippen LogP contribution in [0.3, 0.4) is 0 Å². The zero-order valence-electron chi connectivity index (χ0n) is 23.1. The standard InChI is InChI=1S/C29H31F4N5O2.2ClH/c1-16-9-18(34)14-37(13-16)25-5-6-35-12-24(25)36-29(39)20-3-4-21(30)27(28(20)33)26-22(31)10-19(11-23(26)32)38-7-8-40-15-17(38)2;;/h3-6,10-12,16-18H,7-9,13-15,34H2,1-2H3,(H,36,39);2*1H/t16-,17?,18+;;/m1../s1. The van der Waals surface area contributed by atoms with Crippen molar-refractivity contribution in [3.8, 4) is 11.1 Å². The van der Waals surface area contributed by atoms with Crippen molar-refractivity contribution < 1.29 is 27.1 Å². The number of hydrogen-bond acceptors (Lipinski definition) is 6. The van der Waals surface area contributed by atoms with Crippen LogP contribution in [0.4, 0.5) is 34.6 Å². The van der Waals surface area contributed by atoms with Crippen LogP contribution in [0.2, 0.25) is 0 Å². The highest BCUT2D eigenvalue weighted by Gasteiger charge is 2.29. The molecule has 1 unspecified atom stereocenters. The fraction of sp³-hybridized carbons (Fsp3) is 0.379. The van der Waals surface area contributed by atoms with Crippen LogP contribution in [0.25, 0.3) is 11.1 Å². The number of piperidine rings is 1. The smallest absolute Gasteiger partial charge is 0.258 e. The van der Waals surface area contributed by atoms with Gasteiger partial charge in [0.05, 0.1) is 47.5 Å². The van der Waals surface area contributed by atoms with Crippen LogP contribution in [-0.4, -0.2) is 55.8 Å². The second kappa shape index (κ2) is 13.9. The van der Waals surface area contributed by atoms with Crippen LogP contribution in [0.1, 0.15) is 30.6 Å². The molecule has 2 aliphatic rings. The maximum absolute atomic E-state index is 15.7. The van der Waals surface area contributed by atoms with Gasteiger partial charge >= 0.3 is 0 Å². The molecule has 13 heteroatoms. The highest BCUT2D eigenvalue weighted by molar-refractivity contribution is 6.06. The van der Waals surface area contributed by atoms with E-state index in [0.29, 0.717) is 50.1 Å². The minimum atomic E-state index is -1.37. The molecule has 0 aliphatic carbocycles. The topological polar surface area (TPSA) is 83.7 Å². The summed E-state index contributed by atoms with van der Waals surface area (Å²) in [4.78, 5) is 21.1. The van der Waals surface area contributed by atoms with Crippen molar-refractivity contribution in [3.63, 3.8) is 0 Å². The van der Waals surface area contributed by atoms with Crippen LogP contribution in [0.15, 0.2) is 42.7 Å². The van der Waals surface area contributed by atoms with Gasteiger partial charge in [0.15, 0.2) is 0 Å². The number of nitrogens with one attached hydrogen (secondary N) is 1. The van der Waals surface area contributed by atoms with Crippen molar-refractivity contribution in [3.05, 3.63) is 71.6 Å². The van der Waals surface area contributed by atoms with Gasteiger partial charge in [-0.1, -0.05) is 6.92 Å². The van der Waals surface area contributed by atoms with Gasteiger partial charge in [0.25, 0.3) is 5.91 Å². The minimum Gasteiger partial charge on any atom is -0.377 e. The van der Waals surface area contributed by atoms with E-state index < -0.39 is 45.9 Å². The average molecular weight is 631 g/mol. The lowest BCUT2D eigenvalue weighted by Crippen LogP contribution is -2.46. The van der Waals surface area contributed by atoms with Crippen LogP contribution < -0.4 is 20.9 Å². The van der Waals surface area contributed by atoms with E-state index in [1.807, 2.05) is 11.8 Å². The van der Waals surface area contributed by atoms with Gasteiger partial charge in [0.1, 0.15) is 23.3 Å². The number of pyridine rings is 1. The summed E-state index contributed by atoms with van der Waals surface area (Å²) in [5.41, 5.74) is 4.97. The molecule has 2 fully saturated rings. The van der Waals surface area contributed by atoms with Gasteiger partial charge in [-0.05, 0) is 49.6 Å². The number of anilines is 3. The minimum absolute atomic E-state index is 0. The SMILES string of the molecule is CC1COCCN1c1cc(F)c(-c2c(F)ccc(C(=O)Nc3cnccc3N3C[C@H](C)C[C@H](N)C3)c2F)c(F)c1.Cl.Cl. The molecule has 0 spiro atoms. The summed E-state index contributed by atoms with van der Waals surface area (Å²) in [6, 6.07) is 5.36. The molecule has 3 atom stereocenters. The fourth-order valence-electron chi connectivity index (χ4n) is 5.58. The second-order valence-electron chi connectivity index (χ2n) is 10.5. The molecule has 3 N–H and O–H groups in total. The van der Waals surface area contributed by atoms with Crippen molar-refractivity contribution in [2.24, 2.45) is 11.7 Å². The largest absolute Gasteiger partial charge is 0.377 e. The van der Waals surface area contributed by atoms with E-state index in [0.717, 1.165) is 30.7 Å². The Balaban J connectivity index is 0.00000242. The zero-order valence-corrected chi connectivity index (χ0v) is 24.7. The number of benzene rings is 2. The van der Waals surface area contributed by atoms with Crippen molar-refractivity contribution in [2.75, 3.05) is 48.0 Å². The van der Waals surface area contributed by atoms with Gasteiger partial charge < -0.3 is 25.6 Å². The quantitative estimate of drug-likeness (QED) is 0.347. The zero-order chi connectivity index (χ0) is 28.6. The number of rotatable bonds is 5. The number of aromatic nitrogens is 1. The molecule has 0 radical (unpaired) electrons. The molecular formula is C29H33Cl2F4N5O2. The van der Waals surface area contributed by atoms with Gasteiger partial charge in [-0.15, -0.1) is 24.8 Å². The van der Waals surface area contributed by atoms with Crippen LogP contribution in [0.5, 0.6) is 0 Å². The number of hydrogen-bond donors (Lipinski definition) is 2. The predicted molar refractivity (Wildman–Crippen MR) is 160 cm³/mol. The van der Waals surface area contributed by atoms with Gasteiger partial charge in [-0.25, -0.2) is 17.6 Å². The third kappa shape index (κ3) is 6.75. The van der Waals surface area contributed by atoms with Crippen molar-refractivity contribution in [1.82, 2.24) is 4.98 Å². The van der Waals surface area contributed by atoms with Gasteiger partial charge in [0.2, 0.25) is 0 Å². The first-order chi connectivity index (χ1) is 19.1. The Morgan fingerprint density at radius 2 is 1.74 bits per heavy atom. The Kier molecular flexibility index (Phi) is 11.0. The summed E-state index contributed by atoms with van der Waals surface area (Å²) in [5.74, 6) is -5.45. The average Bonchev–Trinajstić information content (AvgIpc) is 2.90. The first-order valence-electron chi connectivity index (χ1n) is 13.2. The Bertz CT molecular complexity index is 1400. The van der Waals surface area contributed by atoms with Crippen LogP contribution in [0, 0.1) is 29.2 Å². The van der Waals surface area contributed by atoms with Crippen LogP contribution in [-0.2, 0) is 4.74 Å². The van der Waals surface area contributed by atoms with E-state index in [2.05, 4.69) is 17.2 Å². The lowest BCUT2D eigenvalue weighted by Gasteiger charge is -2.37. The monoisotopic (exact) mass is 629 g/mol. The van der Waals surface area contributed by atoms with Crippen LogP contribution >= 0.6 is 24.8 Å². The van der Waals surface area contributed by atoms with E-state index in [9.17, 15) is 9.18 Å². The molecule has 3 aromatic rings. The molecular weight excluding hydrogens is 597 g/mol. The highest BCUT2D eigenvalue weighted by atomic mass is 35.5. The number of ether oxygens (including phenoxy) is 1. The Morgan fingerprint density at radius 1 is 1.02 bits per heavy atom. The van der Waals surface area contributed by atoms with E-state index in [1.165, 1.54) is 6.20 Å². The predicted octanol–water partition coefficient (Wildman–Crippen LogP) is 5.80. The molecule has 2 aromatic carbocycles. The lowest BCUT2D eigenvalue weighted by molar-refractivity contribution is 0.0989. The molecule has 0 saturated carbocycles. The normalized spacial score (nSPS) is 20.4. The third-order valence-electron chi connectivity index (χ3n) is 7.39.